The Morgan fingerprint density at radius 1 is 1.32 bits per heavy atom. The Labute approximate surface area is 119 Å². The number of nitrogen functional groups attached to an aromatic ring is 1. The van der Waals surface area contributed by atoms with Gasteiger partial charge in [-0.2, -0.15) is 9.78 Å². The lowest BCUT2D eigenvalue weighted by Gasteiger charge is -2.03. The molecule has 0 saturated carbocycles. The third-order valence-corrected chi connectivity index (χ3v) is 4.65. The van der Waals surface area contributed by atoms with Crippen molar-refractivity contribution in [3.05, 3.63) is 30.5 Å². The van der Waals surface area contributed by atoms with Gasteiger partial charge in [0.15, 0.2) is 0 Å². The molecule has 1 aromatic carbocycles. The Balaban J connectivity index is 2.04. The first kappa shape index (κ1) is 12.5. The van der Waals surface area contributed by atoms with Gasteiger partial charge in [0.05, 0.1) is 21.3 Å². The van der Waals surface area contributed by atoms with Crippen molar-refractivity contribution in [2.75, 3.05) is 5.73 Å². The van der Waals surface area contributed by atoms with Crippen LogP contribution < -0.4 is 5.73 Å². The highest BCUT2D eigenvalue weighted by atomic mass is 32.2. The maximum Gasteiger partial charge on any atom is 0.213 e. The average Bonchev–Trinajstić information content (AvgIpc) is 2.93. The highest BCUT2D eigenvalue weighted by Gasteiger charge is 2.14. The fourth-order valence-corrected chi connectivity index (χ4v) is 3.55. The number of hydrogen-bond donors (Lipinski definition) is 1. The topological polar surface area (TPSA) is 56.7 Å². The fourth-order valence-electron chi connectivity index (χ4n) is 1.79. The van der Waals surface area contributed by atoms with Gasteiger partial charge in [-0.1, -0.05) is 37.3 Å². The summed E-state index contributed by atoms with van der Waals surface area (Å²) in [6.07, 6.45) is 1.81. The van der Waals surface area contributed by atoms with Crippen LogP contribution in [0, 0.1) is 0 Å². The van der Waals surface area contributed by atoms with Crippen molar-refractivity contribution in [2.45, 2.75) is 24.0 Å². The minimum absolute atomic E-state index is 0.482. The molecule has 0 atom stereocenters. The standard InChI is InChI=1S/C13H14N4S2/c1-8(2)18-11-7-15-17(12(11)14)13-16-9-5-3-4-6-10(9)19-13/h3-8H,14H2,1-2H3. The number of nitrogens with zero attached hydrogens (tertiary/aromatic N) is 3. The number of thioether (sulfide) groups is 1. The lowest BCUT2D eigenvalue weighted by atomic mass is 10.3. The second-order valence-electron chi connectivity index (χ2n) is 4.44. The normalized spacial score (nSPS) is 11.5. The van der Waals surface area contributed by atoms with Crippen LogP contribution in [0.25, 0.3) is 15.3 Å². The predicted molar refractivity (Wildman–Crippen MR) is 82.1 cm³/mol. The first-order chi connectivity index (χ1) is 9.15. The zero-order valence-electron chi connectivity index (χ0n) is 10.7. The molecule has 0 saturated heterocycles. The van der Waals surface area contributed by atoms with Gasteiger partial charge < -0.3 is 5.73 Å². The van der Waals surface area contributed by atoms with E-state index in [0.717, 1.165) is 20.2 Å². The van der Waals surface area contributed by atoms with Crippen molar-refractivity contribution in [3.63, 3.8) is 0 Å². The van der Waals surface area contributed by atoms with Crippen molar-refractivity contribution in [3.8, 4) is 5.13 Å². The second kappa shape index (κ2) is 4.86. The minimum atomic E-state index is 0.482. The van der Waals surface area contributed by atoms with Crippen LogP contribution >= 0.6 is 23.1 Å². The highest BCUT2D eigenvalue weighted by Crippen LogP contribution is 2.32. The summed E-state index contributed by atoms with van der Waals surface area (Å²) in [6, 6.07) is 8.05. The number of benzene rings is 1. The number of hydrogen-bond acceptors (Lipinski definition) is 5. The second-order valence-corrected chi connectivity index (χ2v) is 7.06. The summed E-state index contributed by atoms with van der Waals surface area (Å²) in [4.78, 5) is 5.57. The van der Waals surface area contributed by atoms with Crippen molar-refractivity contribution in [1.29, 1.82) is 0 Å². The molecule has 0 fully saturated rings. The Bertz CT molecular complexity index is 681. The van der Waals surface area contributed by atoms with Crippen LogP contribution in [0.2, 0.25) is 0 Å². The number of rotatable bonds is 3. The van der Waals surface area contributed by atoms with E-state index in [1.165, 1.54) is 0 Å². The van der Waals surface area contributed by atoms with Crippen LogP contribution in [0.1, 0.15) is 13.8 Å². The zero-order valence-corrected chi connectivity index (χ0v) is 12.3. The summed E-state index contributed by atoms with van der Waals surface area (Å²) >= 11 is 3.31. The van der Waals surface area contributed by atoms with E-state index in [0.29, 0.717) is 11.1 Å². The van der Waals surface area contributed by atoms with Crippen molar-refractivity contribution in [1.82, 2.24) is 14.8 Å². The monoisotopic (exact) mass is 290 g/mol. The third-order valence-electron chi connectivity index (χ3n) is 2.60. The molecular formula is C13H14N4S2. The maximum atomic E-state index is 6.15. The minimum Gasteiger partial charge on any atom is -0.383 e. The number of para-hydroxylation sites is 1. The van der Waals surface area contributed by atoms with Gasteiger partial charge in [0.25, 0.3) is 0 Å². The Morgan fingerprint density at radius 2 is 2.11 bits per heavy atom. The Morgan fingerprint density at radius 3 is 2.84 bits per heavy atom. The number of fused-ring (bicyclic) bond motifs is 1. The smallest absolute Gasteiger partial charge is 0.213 e. The van der Waals surface area contributed by atoms with E-state index in [9.17, 15) is 0 Å². The largest absolute Gasteiger partial charge is 0.383 e. The van der Waals surface area contributed by atoms with Gasteiger partial charge in [-0.15, -0.1) is 11.8 Å². The van der Waals surface area contributed by atoms with Gasteiger partial charge in [-0.05, 0) is 12.1 Å². The summed E-state index contributed by atoms with van der Waals surface area (Å²) < 4.78 is 2.86. The Hall–Kier alpha value is -1.53. The highest BCUT2D eigenvalue weighted by molar-refractivity contribution is 8.00. The fraction of sp³-hybridized carbons (Fsp3) is 0.231. The van der Waals surface area contributed by atoms with Gasteiger partial charge in [0.2, 0.25) is 5.13 Å². The molecule has 0 aliphatic heterocycles. The molecule has 0 amide bonds. The van der Waals surface area contributed by atoms with Crippen LogP contribution in [0.15, 0.2) is 35.4 Å². The molecule has 2 aromatic heterocycles. The predicted octanol–water partition coefficient (Wildman–Crippen LogP) is 3.56. The van der Waals surface area contributed by atoms with E-state index < -0.39 is 0 Å². The molecule has 19 heavy (non-hydrogen) atoms. The SMILES string of the molecule is CC(C)Sc1cnn(-c2nc3ccccc3s2)c1N. The van der Waals surface area contributed by atoms with Crippen molar-refractivity contribution < 1.29 is 0 Å². The number of nitrogens with two attached hydrogens (primary N) is 1. The van der Waals surface area contributed by atoms with E-state index >= 15 is 0 Å². The molecule has 0 bridgehead atoms. The molecule has 0 aliphatic rings. The van der Waals surface area contributed by atoms with Crippen LogP contribution in [-0.2, 0) is 0 Å². The summed E-state index contributed by atoms with van der Waals surface area (Å²) in [6.45, 7) is 4.28. The van der Waals surface area contributed by atoms with Gasteiger partial charge in [0.1, 0.15) is 5.82 Å². The van der Waals surface area contributed by atoms with Crippen LogP contribution in [0.4, 0.5) is 5.82 Å². The molecule has 2 N–H and O–H groups in total. The van der Waals surface area contributed by atoms with Gasteiger partial charge in [-0.25, -0.2) is 4.98 Å². The van der Waals surface area contributed by atoms with Crippen LogP contribution in [-0.4, -0.2) is 20.0 Å². The van der Waals surface area contributed by atoms with Crippen molar-refractivity contribution in [2.24, 2.45) is 0 Å². The third kappa shape index (κ3) is 2.33. The first-order valence-electron chi connectivity index (χ1n) is 6.01. The van der Waals surface area contributed by atoms with E-state index in [4.69, 9.17) is 5.73 Å². The van der Waals surface area contributed by atoms with Gasteiger partial charge >= 0.3 is 0 Å². The van der Waals surface area contributed by atoms with Gasteiger partial charge in [-0.3, -0.25) is 0 Å². The maximum absolute atomic E-state index is 6.15. The molecule has 0 radical (unpaired) electrons. The molecule has 3 rings (SSSR count). The number of anilines is 1. The van der Waals surface area contributed by atoms with Crippen LogP contribution in [0.5, 0.6) is 0 Å². The van der Waals surface area contributed by atoms with E-state index in [2.05, 4.69) is 30.0 Å². The molecule has 6 heteroatoms. The van der Waals surface area contributed by atoms with E-state index in [1.54, 1.807) is 27.8 Å². The summed E-state index contributed by atoms with van der Waals surface area (Å²) in [5, 5.41) is 5.65. The van der Waals surface area contributed by atoms with E-state index in [-0.39, 0.29) is 0 Å². The van der Waals surface area contributed by atoms with Crippen molar-refractivity contribution >= 4 is 39.1 Å². The molecule has 0 aliphatic carbocycles. The zero-order chi connectivity index (χ0) is 13.4. The molecule has 0 spiro atoms. The van der Waals surface area contributed by atoms with E-state index in [1.807, 2.05) is 24.4 Å². The molecular weight excluding hydrogens is 276 g/mol. The van der Waals surface area contributed by atoms with Gasteiger partial charge in [0, 0.05) is 5.25 Å². The lowest BCUT2D eigenvalue weighted by Crippen LogP contribution is -2.01. The average molecular weight is 290 g/mol. The summed E-state index contributed by atoms with van der Waals surface area (Å²) in [5.74, 6) is 0.665. The summed E-state index contributed by atoms with van der Waals surface area (Å²) in [7, 11) is 0. The molecule has 2 heterocycles. The Kier molecular flexibility index (Phi) is 3.20. The molecule has 3 aromatic rings. The first-order valence-corrected chi connectivity index (χ1v) is 7.71. The summed E-state index contributed by atoms with van der Waals surface area (Å²) in [5.41, 5.74) is 7.13. The number of aromatic nitrogens is 3. The van der Waals surface area contributed by atoms with Crippen LogP contribution in [0.3, 0.4) is 0 Å². The molecule has 98 valence electrons. The molecule has 0 unspecified atom stereocenters. The number of thiazole rings is 1. The molecule has 4 nitrogen and oxygen atoms in total. The quantitative estimate of drug-likeness (QED) is 0.749. The lowest BCUT2D eigenvalue weighted by molar-refractivity contribution is 0.883.